The van der Waals surface area contributed by atoms with Crippen LogP contribution in [0.3, 0.4) is 0 Å². The number of hydrogen-bond donors (Lipinski definition) is 2. The Morgan fingerprint density at radius 2 is 1.91 bits per heavy atom. The van der Waals surface area contributed by atoms with Gasteiger partial charge in [-0.25, -0.2) is 0 Å². The standard InChI is InChI=1S/C9H20N2/c1-10-7-8-5-3-4-6-9(8)11-2/h8-11H,3-7H2,1-2H3. The Morgan fingerprint density at radius 3 is 2.55 bits per heavy atom. The zero-order valence-electron chi connectivity index (χ0n) is 7.69. The molecule has 0 aromatic heterocycles. The minimum atomic E-state index is 0.760. The van der Waals surface area contributed by atoms with Crippen LogP contribution in [0.2, 0.25) is 0 Å². The van der Waals surface area contributed by atoms with Crippen molar-refractivity contribution in [1.29, 1.82) is 0 Å². The van der Waals surface area contributed by atoms with E-state index in [1.54, 1.807) is 0 Å². The first kappa shape index (κ1) is 9.01. The Morgan fingerprint density at radius 1 is 1.18 bits per heavy atom. The Balaban J connectivity index is 2.31. The maximum Gasteiger partial charge on any atom is 0.0104 e. The summed E-state index contributed by atoms with van der Waals surface area (Å²) in [5, 5.41) is 6.66. The highest BCUT2D eigenvalue weighted by Crippen LogP contribution is 2.23. The third kappa shape index (κ3) is 2.46. The molecule has 0 spiro atoms. The summed E-state index contributed by atoms with van der Waals surface area (Å²) in [6, 6.07) is 0.760. The summed E-state index contributed by atoms with van der Waals surface area (Å²) in [6.45, 7) is 1.17. The molecule has 2 unspecified atom stereocenters. The molecule has 66 valence electrons. The highest BCUT2D eigenvalue weighted by Gasteiger charge is 2.22. The molecule has 0 aromatic rings. The maximum absolute atomic E-state index is 3.40. The van der Waals surface area contributed by atoms with E-state index in [0.29, 0.717) is 0 Å². The van der Waals surface area contributed by atoms with Gasteiger partial charge in [0, 0.05) is 6.04 Å². The van der Waals surface area contributed by atoms with Crippen LogP contribution in [-0.4, -0.2) is 26.7 Å². The zero-order chi connectivity index (χ0) is 8.10. The fraction of sp³-hybridized carbons (Fsp3) is 1.00. The van der Waals surface area contributed by atoms with E-state index < -0.39 is 0 Å². The topological polar surface area (TPSA) is 24.1 Å². The molecule has 0 heterocycles. The smallest absolute Gasteiger partial charge is 0.0104 e. The van der Waals surface area contributed by atoms with Crippen molar-refractivity contribution >= 4 is 0 Å². The van der Waals surface area contributed by atoms with Crippen LogP contribution in [0.1, 0.15) is 25.7 Å². The number of hydrogen-bond acceptors (Lipinski definition) is 2. The quantitative estimate of drug-likeness (QED) is 0.636. The monoisotopic (exact) mass is 156 g/mol. The van der Waals surface area contributed by atoms with Gasteiger partial charge in [0.2, 0.25) is 0 Å². The molecule has 1 rings (SSSR count). The molecule has 1 saturated carbocycles. The lowest BCUT2D eigenvalue weighted by atomic mass is 9.84. The van der Waals surface area contributed by atoms with Gasteiger partial charge in [-0.3, -0.25) is 0 Å². The van der Waals surface area contributed by atoms with E-state index in [1.165, 1.54) is 32.2 Å². The molecule has 2 N–H and O–H groups in total. The fourth-order valence-electron chi connectivity index (χ4n) is 2.09. The SMILES string of the molecule is CNCC1CCCCC1NC. The summed E-state index contributed by atoms with van der Waals surface area (Å²) in [4.78, 5) is 0. The second-order valence-electron chi connectivity index (χ2n) is 3.50. The second-order valence-corrected chi connectivity index (χ2v) is 3.50. The van der Waals surface area contributed by atoms with Gasteiger partial charge in [-0.2, -0.15) is 0 Å². The minimum absolute atomic E-state index is 0.760. The van der Waals surface area contributed by atoms with Crippen LogP contribution < -0.4 is 10.6 Å². The molecule has 0 amide bonds. The highest BCUT2D eigenvalue weighted by atomic mass is 14.9. The summed E-state index contributed by atoms with van der Waals surface area (Å²) in [6.07, 6.45) is 5.59. The van der Waals surface area contributed by atoms with Gasteiger partial charge < -0.3 is 10.6 Å². The molecule has 11 heavy (non-hydrogen) atoms. The van der Waals surface area contributed by atoms with Crippen molar-refractivity contribution in [1.82, 2.24) is 10.6 Å². The Bertz CT molecular complexity index is 102. The van der Waals surface area contributed by atoms with E-state index in [0.717, 1.165) is 12.0 Å². The average molecular weight is 156 g/mol. The molecule has 0 saturated heterocycles. The van der Waals surface area contributed by atoms with Crippen molar-refractivity contribution in [2.24, 2.45) is 5.92 Å². The lowest BCUT2D eigenvalue weighted by Gasteiger charge is -2.31. The molecular formula is C9H20N2. The van der Waals surface area contributed by atoms with Crippen molar-refractivity contribution in [2.45, 2.75) is 31.7 Å². The van der Waals surface area contributed by atoms with Crippen LogP contribution in [0.25, 0.3) is 0 Å². The third-order valence-corrected chi connectivity index (χ3v) is 2.75. The van der Waals surface area contributed by atoms with Gasteiger partial charge in [0.25, 0.3) is 0 Å². The maximum atomic E-state index is 3.40. The van der Waals surface area contributed by atoms with Crippen molar-refractivity contribution in [3.8, 4) is 0 Å². The van der Waals surface area contributed by atoms with Crippen LogP contribution in [-0.2, 0) is 0 Å². The lowest BCUT2D eigenvalue weighted by molar-refractivity contribution is 0.270. The van der Waals surface area contributed by atoms with E-state index in [1.807, 2.05) is 7.05 Å². The van der Waals surface area contributed by atoms with Crippen LogP contribution in [0.4, 0.5) is 0 Å². The normalized spacial score (nSPS) is 32.2. The Labute approximate surface area is 69.8 Å². The van der Waals surface area contributed by atoms with Crippen LogP contribution >= 0.6 is 0 Å². The average Bonchev–Trinajstić information content (AvgIpc) is 2.06. The summed E-state index contributed by atoms with van der Waals surface area (Å²) in [7, 11) is 4.12. The Hall–Kier alpha value is -0.0800. The summed E-state index contributed by atoms with van der Waals surface area (Å²) >= 11 is 0. The molecule has 1 aliphatic carbocycles. The summed E-state index contributed by atoms with van der Waals surface area (Å²) < 4.78 is 0. The van der Waals surface area contributed by atoms with Gasteiger partial charge >= 0.3 is 0 Å². The lowest BCUT2D eigenvalue weighted by Crippen LogP contribution is -2.40. The summed E-state index contributed by atoms with van der Waals surface area (Å²) in [5.74, 6) is 0.860. The van der Waals surface area contributed by atoms with Crippen molar-refractivity contribution in [2.75, 3.05) is 20.6 Å². The molecule has 2 heteroatoms. The van der Waals surface area contributed by atoms with E-state index in [9.17, 15) is 0 Å². The van der Waals surface area contributed by atoms with Crippen molar-refractivity contribution < 1.29 is 0 Å². The fourth-order valence-corrected chi connectivity index (χ4v) is 2.09. The first-order chi connectivity index (χ1) is 5.38. The predicted octanol–water partition coefficient (Wildman–Crippen LogP) is 0.984. The molecule has 2 atom stereocenters. The molecule has 0 aromatic carbocycles. The van der Waals surface area contributed by atoms with Crippen molar-refractivity contribution in [3.05, 3.63) is 0 Å². The molecular weight excluding hydrogens is 136 g/mol. The van der Waals surface area contributed by atoms with Gasteiger partial charge in [0.15, 0.2) is 0 Å². The predicted molar refractivity (Wildman–Crippen MR) is 48.7 cm³/mol. The third-order valence-electron chi connectivity index (χ3n) is 2.75. The molecule has 0 aliphatic heterocycles. The van der Waals surface area contributed by atoms with E-state index in [4.69, 9.17) is 0 Å². The molecule has 0 bridgehead atoms. The first-order valence-electron chi connectivity index (χ1n) is 4.70. The van der Waals surface area contributed by atoms with Gasteiger partial charge in [0.1, 0.15) is 0 Å². The Kier molecular flexibility index (Phi) is 3.87. The van der Waals surface area contributed by atoms with Crippen LogP contribution in [0.5, 0.6) is 0 Å². The molecule has 2 nitrogen and oxygen atoms in total. The summed E-state index contributed by atoms with van der Waals surface area (Å²) in [5.41, 5.74) is 0. The number of nitrogens with one attached hydrogen (secondary N) is 2. The van der Waals surface area contributed by atoms with Crippen LogP contribution in [0, 0.1) is 5.92 Å². The van der Waals surface area contributed by atoms with E-state index in [2.05, 4.69) is 17.7 Å². The molecule has 1 aliphatic rings. The van der Waals surface area contributed by atoms with Gasteiger partial charge in [-0.05, 0) is 39.4 Å². The minimum Gasteiger partial charge on any atom is -0.319 e. The van der Waals surface area contributed by atoms with E-state index in [-0.39, 0.29) is 0 Å². The molecule has 1 fully saturated rings. The van der Waals surface area contributed by atoms with E-state index >= 15 is 0 Å². The van der Waals surface area contributed by atoms with Gasteiger partial charge in [-0.1, -0.05) is 12.8 Å². The number of rotatable bonds is 3. The van der Waals surface area contributed by atoms with Crippen molar-refractivity contribution in [3.63, 3.8) is 0 Å². The first-order valence-corrected chi connectivity index (χ1v) is 4.70. The van der Waals surface area contributed by atoms with Crippen LogP contribution in [0.15, 0.2) is 0 Å². The van der Waals surface area contributed by atoms with Gasteiger partial charge in [-0.15, -0.1) is 0 Å². The van der Waals surface area contributed by atoms with Gasteiger partial charge in [0.05, 0.1) is 0 Å². The second kappa shape index (κ2) is 4.73. The molecule has 0 radical (unpaired) electrons. The highest BCUT2D eigenvalue weighted by molar-refractivity contribution is 4.80. The largest absolute Gasteiger partial charge is 0.319 e. The zero-order valence-corrected chi connectivity index (χ0v) is 7.69.